The maximum atomic E-state index is 2.39. The first-order valence-electron chi connectivity index (χ1n) is 3.19. The summed E-state index contributed by atoms with van der Waals surface area (Å²) in [5.74, 6) is 0. The fourth-order valence-corrected chi connectivity index (χ4v) is 6.05. The minimum absolute atomic E-state index is 0.853. The van der Waals surface area contributed by atoms with Crippen LogP contribution >= 0.6 is 8.85 Å². The van der Waals surface area contributed by atoms with E-state index in [1.54, 1.807) is 0 Å². The third-order valence-electron chi connectivity index (χ3n) is 1.03. The number of hydrogen-bond acceptors (Lipinski definition) is 1. The van der Waals surface area contributed by atoms with Gasteiger partial charge in [-0.05, 0) is 0 Å². The summed E-state index contributed by atoms with van der Waals surface area (Å²) in [5.41, 5.74) is 0. The molecule has 1 aromatic rings. The van der Waals surface area contributed by atoms with Crippen molar-refractivity contribution < 1.29 is 0 Å². The number of benzene rings is 1. The number of rotatable bonds is 2. The molecule has 0 atom stereocenters. The first kappa shape index (κ1) is 8.48. The molecule has 0 nitrogen and oxygen atoms in total. The van der Waals surface area contributed by atoms with E-state index in [0.29, 0.717) is 0 Å². The van der Waals surface area contributed by atoms with Crippen LogP contribution in [0.2, 0.25) is 9.74 Å². The average molecular weight is 261 g/mol. The summed E-state index contributed by atoms with van der Waals surface area (Å²) < 4.78 is 0. The molecule has 0 spiro atoms. The van der Waals surface area contributed by atoms with Gasteiger partial charge in [-0.2, -0.15) is 0 Å². The van der Waals surface area contributed by atoms with Crippen LogP contribution in [0, 0.1) is 0 Å². The van der Waals surface area contributed by atoms with Crippen LogP contribution in [-0.4, -0.2) is 18.8 Å². The van der Waals surface area contributed by atoms with E-state index in [2.05, 4.69) is 48.9 Å². The summed E-state index contributed by atoms with van der Waals surface area (Å²) in [6, 6.07) is 10.7. The standard InChI is InChI=1S/C6H6S.2CH3.Sb/c7-6-4-2-1-3-5-6;;;/h1-5,7H;2*1H3;/q;;;+1/p-1. The first-order chi connectivity index (χ1) is 4.79. The predicted octanol–water partition coefficient (Wildman–Crippen LogP) is 3.03. The van der Waals surface area contributed by atoms with Gasteiger partial charge >= 0.3 is 72.6 Å². The normalized spacial score (nSPS) is 10.3. The van der Waals surface area contributed by atoms with Gasteiger partial charge in [-0.15, -0.1) is 0 Å². The Morgan fingerprint density at radius 2 is 1.70 bits per heavy atom. The molecule has 1 aromatic carbocycles. The fourth-order valence-electron chi connectivity index (χ4n) is 0.692. The maximum absolute atomic E-state index is 2.39. The molecule has 10 heavy (non-hydrogen) atoms. The van der Waals surface area contributed by atoms with Gasteiger partial charge < -0.3 is 0 Å². The van der Waals surface area contributed by atoms with Crippen molar-refractivity contribution in [1.29, 1.82) is 0 Å². The zero-order valence-corrected chi connectivity index (χ0v) is 9.61. The van der Waals surface area contributed by atoms with Crippen molar-refractivity contribution in [3.05, 3.63) is 30.3 Å². The molecule has 0 unspecified atom stereocenters. The van der Waals surface area contributed by atoms with Crippen LogP contribution in [0.25, 0.3) is 0 Å². The molecule has 54 valence electrons. The second-order valence-corrected chi connectivity index (χ2v) is 14.0. The summed E-state index contributed by atoms with van der Waals surface area (Å²) in [5, 5.41) is 0. The Morgan fingerprint density at radius 1 is 1.10 bits per heavy atom. The fraction of sp³-hybridized carbons (Fsp3) is 0.250. The molecule has 0 aliphatic rings. The molecular formula is C8H11SSb. The molecule has 0 N–H and O–H groups in total. The zero-order chi connectivity index (χ0) is 7.40. The zero-order valence-electron chi connectivity index (χ0n) is 6.24. The second-order valence-electron chi connectivity index (χ2n) is 2.22. The summed E-state index contributed by atoms with van der Waals surface area (Å²) in [6.45, 7) is 0. The van der Waals surface area contributed by atoms with Crippen molar-refractivity contribution in [1.82, 2.24) is 0 Å². The van der Waals surface area contributed by atoms with Crippen LogP contribution in [0.1, 0.15) is 0 Å². The van der Waals surface area contributed by atoms with Crippen LogP contribution < -0.4 is 0 Å². The predicted molar refractivity (Wildman–Crippen MR) is 49.8 cm³/mol. The van der Waals surface area contributed by atoms with E-state index in [-0.39, 0.29) is 0 Å². The van der Waals surface area contributed by atoms with Gasteiger partial charge in [0, 0.05) is 0 Å². The van der Waals surface area contributed by atoms with Gasteiger partial charge in [0.05, 0.1) is 0 Å². The van der Waals surface area contributed by atoms with Crippen molar-refractivity contribution in [3.8, 4) is 0 Å². The summed E-state index contributed by atoms with van der Waals surface area (Å²) in [7, 11) is 2.08. The molecule has 0 aliphatic heterocycles. The van der Waals surface area contributed by atoms with Crippen molar-refractivity contribution in [3.63, 3.8) is 0 Å². The molecule has 1 rings (SSSR count). The topological polar surface area (TPSA) is 0 Å². The van der Waals surface area contributed by atoms with Gasteiger partial charge in [-0.1, -0.05) is 0 Å². The van der Waals surface area contributed by atoms with Gasteiger partial charge in [0.15, 0.2) is 0 Å². The third kappa shape index (κ3) is 2.98. The Hall–Kier alpha value is 0.388. The van der Waals surface area contributed by atoms with E-state index in [0.717, 1.165) is 0 Å². The van der Waals surface area contributed by atoms with Crippen LogP contribution in [0.5, 0.6) is 0 Å². The first-order valence-corrected chi connectivity index (χ1v) is 12.2. The van der Waals surface area contributed by atoms with Gasteiger partial charge in [0.2, 0.25) is 0 Å². The summed E-state index contributed by atoms with van der Waals surface area (Å²) in [6.07, 6.45) is 0. The van der Waals surface area contributed by atoms with Crippen LogP contribution in [0.15, 0.2) is 35.2 Å². The molecule has 0 fully saturated rings. The van der Waals surface area contributed by atoms with Crippen LogP contribution in [-0.2, 0) is 0 Å². The molecular weight excluding hydrogens is 250 g/mol. The summed E-state index contributed by atoms with van der Waals surface area (Å²) in [4.78, 5) is 6.22. The Labute approximate surface area is 72.4 Å². The Balaban J connectivity index is 2.59. The quantitative estimate of drug-likeness (QED) is 0.737. The van der Waals surface area contributed by atoms with Gasteiger partial charge in [-0.3, -0.25) is 0 Å². The van der Waals surface area contributed by atoms with Crippen molar-refractivity contribution in [2.75, 3.05) is 0 Å². The molecule has 0 heterocycles. The molecule has 2 heteroatoms. The van der Waals surface area contributed by atoms with E-state index in [4.69, 9.17) is 0 Å². The van der Waals surface area contributed by atoms with Gasteiger partial charge in [-0.25, -0.2) is 0 Å². The SMILES string of the molecule is [CH3][Sb]([CH3])[S]c1ccccc1. The van der Waals surface area contributed by atoms with Crippen molar-refractivity contribution in [2.45, 2.75) is 14.6 Å². The molecule has 0 aromatic heterocycles. The van der Waals surface area contributed by atoms with E-state index in [9.17, 15) is 0 Å². The Morgan fingerprint density at radius 3 is 2.20 bits per heavy atom. The van der Waals surface area contributed by atoms with E-state index >= 15 is 0 Å². The molecule has 0 bridgehead atoms. The van der Waals surface area contributed by atoms with Crippen molar-refractivity contribution in [2.24, 2.45) is 0 Å². The average Bonchev–Trinajstić information content (AvgIpc) is 1.88. The van der Waals surface area contributed by atoms with Gasteiger partial charge in [0.1, 0.15) is 0 Å². The van der Waals surface area contributed by atoms with Crippen LogP contribution in [0.3, 0.4) is 0 Å². The van der Waals surface area contributed by atoms with E-state index < -0.39 is 18.8 Å². The molecule has 0 radical (unpaired) electrons. The monoisotopic (exact) mass is 260 g/mol. The van der Waals surface area contributed by atoms with E-state index in [1.165, 1.54) is 4.90 Å². The Kier molecular flexibility index (Phi) is 3.65. The molecule has 0 saturated carbocycles. The van der Waals surface area contributed by atoms with Gasteiger partial charge in [0.25, 0.3) is 0 Å². The molecule has 0 aliphatic carbocycles. The van der Waals surface area contributed by atoms with Crippen molar-refractivity contribution >= 4 is 27.7 Å². The van der Waals surface area contributed by atoms with Crippen LogP contribution in [0.4, 0.5) is 0 Å². The molecule has 0 amide bonds. The minimum atomic E-state index is -0.853. The van der Waals surface area contributed by atoms with E-state index in [1.807, 2.05) is 0 Å². The molecule has 0 saturated heterocycles. The second kappa shape index (κ2) is 4.30. The Bertz CT molecular complexity index is 184. The third-order valence-corrected chi connectivity index (χ3v) is 6.81. The number of hydrogen-bond donors (Lipinski definition) is 0. The summed E-state index contributed by atoms with van der Waals surface area (Å²) >= 11 is -0.853.